The first kappa shape index (κ1) is 15.2. The Morgan fingerprint density at radius 3 is 2.77 bits per heavy atom. The lowest BCUT2D eigenvalue weighted by molar-refractivity contribution is 0.102. The largest absolute Gasteiger partial charge is 0.321 e. The van der Waals surface area contributed by atoms with E-state index in [-0.39, 0.29) is 5.91 Å². The van der Waals surface area contributed by atoms with Crippen LogP contribution in [0.1, 0.15) is 45.4 Å². The van der Waals surface area contributed by atoms with Crippen molar-refractivity contribution in [2.24, 2.45) is 0 Å². The molecular formula is C17H21N3OS. The number of anilines is 1. The number of amides is 1. The number of hydrogen-bond donors (Lipinski definition) is 2. The molecule has 1 aromatic heterocycles. The molecule has 1 saturated heterocycles. The van der Waals surface area contributed by atoms with Gasteiger partial charge >= 0.3 is 0 Å². The van der Waals surface area contributed by atoms with Crippen molar-refractivity contribution < 1.29 is 4.79 Å². The van der Waals surface area contributed by atoms with Crippen molar-refractivity contribution in [2.75, 3.05) is 18.4 Å². The van der Waals surface area contributed by atoms with Gasteiger partial charge in [0.1, 0.15) is 5.69 Å². The van der Waals surface area contributed by atoms with Crippen LogP contribution in [0.2, 0.25) is 0 Å². The third-order valence-corrected chi connectivity index (χ3v) is 5.21. The van der Waals surface area contributed by atoms with Crippen LogP contribution < -0.4 is 10.6 Å². The molecule has 1 fully saturated rings. The highest BCUT2D eigenvalue weighted by Gasteiger charge is 2.20. The molecule has 0 atom stereocenters. The van der Waals surface area contributed by atoms with Gasteiger partial charge in [0.2, 0.25) is 0 Å². The fourth-order valence-corrected chi connectivity index (χ4v) is 3.63. The van der Waals surface area contributed by atoms with Gasteiger partial charge in [0.25, 0.3) is 5.91 Å². The Morgan fingerprint density at radius 1 is 1.27 bits per heavy atom. The lowest BCUT2D eigenvalue weighted by Gasteiger charge is -2.20. The van der Waals surface area contributed by atoms with E-state index in [1.807, 2.05) is 30.5 Å². The topological polar surface area (TPSA) is 54.0 Å². The Morgan fingerprint density at radius 2 is 2.05 bits per heavy atom. The number of piperidine rings is 1. The Hall–Kier alpha value is -1.72. The first-order valence-corrected chi connectivity index (χ1v) is 8.56. The van der Waals surface area contributed by atoms with Crippen LogP contribution in [-0.4, -0.2) is 24.0 Å². The summed E-state index contributed by atoms with van der Waals surface area (Å²) < 4.78 is 0. The molecule has 1 aromatic carbocycles. The summed E-state index contributed by atoms with van der Waals surface area (Å²) in [6.07, 6.45) is 2.21. The number of carbonyl (C=O) groups is 1. The Labute approximate surface area is 135 Å². The summed E-state index contributed by atoms with van der Waals surface area (Å²) in [6.45, 7) is 6.18. The second kappa shape index (κ2) is 6.58. The SMILES string of the molecule is Cc1ccc(NC(=O)c2csc(C3CCNCC3)n2)cc1C. The molecule has 1 amide bonds. The zero-order chi connectivity index (χ0) is 15.5. The molecule has 5 heteroatoms. The van der Waals surface area contributed by atoms with Gasteiger partial charge in [0.15, 0.2) is 0 Å². The van der Waals surface area contributed by atoms with Gasteiger partial charge in [-0.1, -0.05) is 6.07 Å². The van der Waals surface area contributed by atoms with E-state index in [2.05, 4.69) is 22.5 Å². The molecule has 1 aliphatic rings. The second-order valence-electron chi connectivity index (χ2n) is 5.85. The molecule has 116 valence electrons. The summed E-state index contributed by atoms with van der Waals surface area (Å²) in [5.41, 5.74) is 3.74. The molecule has 0 radical (unpaired) electrons. The molecule has 22 heavy (non-hydrogen) atoms. The smallest absolute Gasteiger partial charge is 0.275 e. The zero-order valence-corrected chi connectivity index (χ0v) is 13.8. The summed E-state index contributed by atoms with van der Waals surface area (Å²) in [4.78, 5) is 16.9. The molecule has 2 N–H and O–H groups in total. The van der Waals surface area contributed by atoms with Gasteiger partial charge in [-0.15, -0.1) is 11.3 Å². The quantitative estimate of drug-likeness (QED) is 0.912. The van der Waals surface area contributed by atoms with Gasteiger partial charge in [-0.25, -0.2) is 4.98 Å². The van der Waals surface area contributed by atoms with Gasteiger partial charge in [-0.05, 0) is 63.0 Å². The molecule has 0 spiro atoms. The minimum atomic E-state index is -0.125. The summed E-state index contributed by atoms with van der Waals surface area (Å²) in [5.74, 6) is 0.370. The predicted octanol–water partition coefficient (Wildman–Crippen LogP) is 3.48. The maximum atomic E-state index is 12.3. The number of nitrogens with one attached hydrogen (secondary N) is 2. The number of aryl methyl sites for hydroxylation is 2. The van der Waals surface area contributed by atoms with Crippen LogP contribution in [0.4, 0.5) is 5.69 Å². The molecule has 0 aliphatic carbocycles. The maximum absolute atomic E-state index is 12.3. The summed E-state index contributed by atoms with van der Waals surface area (Å²) in [6, 6.07) is 5.94. The van der Waals surface area contributed by atoms with Crippen LogP contribution in [0.3, 0.4) is 0 Å². The molecule has 4 nitrogen and oxygen atoms in total. The van der Waals surface area contributed by atoms with Crippen LogP contribution in [0, 0.1) is 13.8 Å². The highest BCUT2D eigenvalue weighted by molar-refractivity contribution is 7.09. The molecular weight excluding hydrogens is 294 g/mol. The first-order valence-electron chi connectivity index (χ1n) is 7.68. The molecule has 0 saturated carbocycles. The molecule has 1 aliphatic heterocycles. The van der Waals surface area contributed by atoms with Gasteiger partial charge in [0.05, 0.1) is 5.01 Å². The van der Waals surface area contributed by atoms with Crippen LogP contribution in [0.25, 0.3) is 0 Å². The molecule has 3 rings (SSSR count). The Bertz CT molecular complexity index is 674. The first-order chi connectivity index (χ1) is 10.6. The highest BCUT2D eigenvalue weighted by Crippen LogP contribution is 2.28. The average molecular weight is 315 g/mol. The average Bonchev–Trinajstić information content (AvgIpc) is 3.02. The minimum Gasteiger partial charge on any atom is -0.321 e. The predicted molar refractivity (Wildman–Crippen MR) is 90.8 cm³/mol. The number of nitrogens with zero attached hydrogens (tertiary/aromatic N) is 1. The monoisotopic (exact) mass is 315 g/mol. The zero-order valence-electron chi connectivity index (χ0n) is 13.0. The van der Waals surface area contributed by atoms with Crippen molar-refractivity contribution in [1.82, 2.24) is 10.3 Å². The second-order valence-corrected chi connectivity index (χ2v) is 6.74. The third kappa shape index (κ3) is 3.36. The normalized spacial score (nSPS) is 15.7. The standard InChI is InChI=1S/C17H21N3OS/c1-11-3-4-14(9-12(11)2)19-16(21)15-10-22-17(20-15)13-5-7-18-8-6-13/h3-4,9-10,13,18H,5-8H2,1-2H3,(H,19,21). The van der Waals surface area contributed by atoms with Crippen molar-refractivity contribution in [2.45, 2.75) is 32.6 Å². The van der Waals surface area contributed by atoms with Gasteiger partial charge in [0, 0.05) is 17.0 Å². The number of thiazole rings is 1. The number of aromatic nitrogens is 1. The number of rotatable bonds is 3. The van der Waals surface area contributed by atoms with Crippen LogP contribution in [0.15, 0.2) is 23.6 Å². The van der Waals surface area contributed by atoms with Gasteiger partial charge in [-0.3, -0.25) is 4.79 Å². The van der Waals surface area contributed by atoms with E-state index in [4.69, 9.17) is 0 Å². The van der Waals surface area contributed by atoms with Crippen molar-refractivity contribution in [3.05, 3.63) is 45.4 Å². The summed E-state index contributed by atoms with van der Waals surface area (Å²) >= 11 is 1.60. The third-order valence-electron chi connectivity index (χ3n) is 4.21. The van der Waals surface area contributed by atoms with Crippen molar-refractivity contribution >= 4 is 22.9 Å². The Kier molecular flexibility index (Phi) is 4.55. The van der Waals surface area contributed by atoms with Crippen molar-refractivity contribution in [1.29, 1.82) is 0 Å². The summed E-state index contributed by atoms with van der Waals surface area (Å²) in [7, 11) is 0. The molecule has 0 unspecified atom stereocenters. The lowest BCUT2D eigenvalue weighted by Crippen LogP contribution is -2.26. The number of carbonyl (C=O) groups excluding carboxylic acids is 1. The fraction of sp³-hybridized carbons (Fsp3) is 0.412. The van der Waals surface area contributed by atoms with E-state index in [1.54, 1.807) is 11.3 Å². The molecule has 2 heterocycles. The van der Waals surface area contributed by atoms with E-state index < -0.39 is 0 Å². The van der Waals surface area contributed by atoms with Gasteiger partial charge < -0.3 is 10.6 Å². The highest BCUT2D eigenvalue weighted by atomic mass is 32.1. The number of hydrogen-bond acceptors (Lipinski definition) is 4. The summed E-state index contributed by atoms with van der Waals surface area (Å²) in [5, 5.41) is 9.25. The molecule has 2 aromatic rings. The number of benzene rings is 1. The Balaban J connectivity index is 1.69. The van der Waals surface area contributed by atoms with Crippen LogP contribution >= 0.6 is 11.3 Å². The van der Waals surface area contributed by atoms with E-state index in [0.29, 0.717) is 11.6 Å². The lowest BCUT2D eigenvalue weighted by atomic mass is 9.99. The van der Waals surface area contributed by atoms with E-state index in [9.17, 15) is 4.79 Å². The minimum absolute atomic E-state index is 0.125. The molecule has 0 bridgehead atoms. The fourth-order valence-electron chi connectivity index (χ4n) is 2.66. The van der Waals surface area contributed by atoms with Crippen LogP contribution in [0.5, 0.6) is 0 Å². The van der Waals surface area contributed by atoms with Gasteiger partial charge in [-0.2, -0.15) is 0 Å². The van der Waals surface area contributed by atoms with E-state index in [0.717, 1.165) is 36.6 Å². The van der Waals surface area contributed by atoms with E-state index in [1.165, 1.54) is 11.1 Å². The van der Waals surface area contributed by atoms with E-state index >= 15 is 0 Å². The van der Waals surface area contributed by atoms with Crippen molar-refractivity contribution in [3.63, 3.8) is 0 Å². The van der Waals surface area contributed by atoms with Crippen LogP contribution in [-0.2, 0) is 0 Å². The van der Waals surface area contributed by atoms with Crippen molar-refractivity contribution in [3.8, 4) is 0 Å². The maximum Gasteiger partial charge on any atom is 0.275 e.